The molecule has 1 fully saturated rings. The third-order valence-corrected chi connectivity index (χ3v) is 4.28. The van der Waals surface area contributed by atoms with Gasteiger partial charge in [-0.25, -0.2) is 9.97 Å². The number of nitrogens with one attached hydrogen (secondary N) is 2. The second-order valence-electron chi connectivity index (χ2n) is 6.61. The molecular formula is C19H28N6O3. The van der Waals surface area contributed by atoms with Gasteiger partial charge in [0.1, 0.15) is 11.3 Å². The number of fused-ring (bicyclic) bond motifs is 1. The van der Waals surface area contributed by atoms with Crippen molar-refractivity contribution in [2.75, 3.05) is 32.5 Å². The van der Waals surface area contributed by atoms with Crippen LogP contribution in [0.5, 0.6) is 0 Å². The number of hydrogen-bond donors (Lipinski definition) is 3. The number of H-pyrrole nitrogens is 1. The van der Waals surface area contributed by atoms with Gasteiger partial charge in [-0.05, 0) is 32.3 Å². The van der Waals surface area contributed by atoms with Crippen LogP contribution in [0.3, 0.4) is 0 Å². The quantitative estimate of drug-likeness (QED) is 0.666. The molecule has 1 atom stereocenters. The van der Waals surface area contributed by atoms with Crippen LogP contribution in [0.25, 0.3) is 11.2 Å². The van der Waals surface area contributed by atoms with Crippen LogP contribution in [0.4, 0.5) is 5.82 Å². The number of ether oxygens (including phenoxy) is 1. The van der Waals surface area contributed by atoms with Gasteiger partial charge in [0.05, 0.1) is 18.4 Å². The zero-order valence-corrected chi connectivity index (χ0v) is 16.4. The number of nitrogens with zero attached hydrogens (tertiary/aromatic N) is 3. The third-order valence-electron chi connectivity index (χ3n) is 4.28. The minimum Gasteiger partial charge on any atom is -0.383 e. The van der Waals surface area contributed by atoms with Crippen LogP contribution in [0, 0.1) is 0 Å². The maximum Gasteiger partial charge on any atom is 0.255 e. The Morgan fingerprint density at radius 3 is 2.79 bits per heavy atom. The number of likely N-dealkylation sites (tertiary alicyclic amines) is 1. The molecule has 4 N–H and O–H groups in total. The molecule has 2 aromatic rings. The SMILES string of the molecule is C=CC(=O)N1CCCCC1.COC[C@@H](C)NC(=O)c1c[nH]c2ncc(N)nc12. The highest BCUT2D eigenvalue weighted by Crippen LogP contribution is 2.15. The standard InChI is InChI=1S/C11H15N5O2.C8H13NO/c1-6(5-18-2)15-11(17)7-3-13-10-9(7)16-8(12)4-14-10;1-2-8(10)9-6-4-3-5-7-9/h3-4,6H,5H2,1-2H3,(H2,12,16)(H,13,14)(H,15,17);2H,1,3-7H2/t6-;/m1./s1. The van der Waals surface area contributed by atoms with Crippen molar-refractivity contribution in [2.24, 2.45) is 0 Å². The first kappa shape index (κ1) is 21.4. The van der Waals surface area contributed by atoms with E-state index in [-0.39, 0.29) is 23.7 Å². The summed E-state index contributed by atoms with van der Waals surface area (Å²) in [6, 6.07) is -0.0820. The number of carbonyl (C=O) groups excluding carboxylic acids is 2. The number of carbonyl (C=O) groups is 2. The largest absolute Gasteiger partial charge is 0.383 e. The number of amides is 2. The Hall–Kier alpha value is -2.94. The van der Waals surface area contributed by atoms with E-state index in [1.807, 2.05) is 11.8 Å². The first-order valence-corrected chi connectivity index (χ1v) is 9.27. The molecule has 28 heavy (non-hydrogen) atoms. The predicted molar refractivity (Wildman–Crippen MR) is 108 cm³/mol. The molecule has 0 bridgehead atoms. The lowest BCUT2D eigenvalue weighted by Crippen LogP contribution is -2.35. The van der Waals surface area contributed by atoms with Gasteiger partial charge in [-0.3, -0.25) is 9.59 Å². The lowest BCUT2D eigenvalue weighted by Gasteiger charge is -2.25. The van der Waals surface area contributed by atoms with Crippen molar-refractivity contribution in [3.63, 3.8) is 0 Å². The van der Waals surface area contributed by atoms with Crippen molar-refractivity contribution in [1.82, 2.24) is 25.2 Å². The van der Waals surface area contributed by atoms with Crippen LogP contribution in [0.15, 0.2) is 25.0 Å². The summed E-state index contributed by atoms with van der Waals surface area (Å²) in [4.78, 5) is 35.9. The minimum absolute atomic E-state index is 0.0820. The maximum absolute atomic E-state index is 12.0. The Labute approximate surface area is 164 Å². The molecule has 2 aromatic heterocycles. The summed E-state index contributed by atoms with van der Waals surface area (Å²) < 4.78 is 4.96. The number of aromatic nitrogens is 3. The normalized spacial score (nSPS) is 14.7. The third kappa shape index (κ3) is 5.78. The lowest BCUT2D eigenvalue weighted by atomic mass is 10.1. The summed E-state index contributed by atoms with van der Waals surface area (Å²) in [5.41, 5.74) is 6.99. The molecule has 2 amide bonds. The second kappa shape index (κ2) is 10.4. The van der Waals surface area contributed by atoms with E-state index in [0.29, 0.717) is 23.3 Å². The molecule has 0 aromatic carbocycles. The molecular weight excluding hydrogens is 360 g/mol. The van der Waals surface area contributed by atoms with Crippen molar-refractivity contribution >= 4 is 28.8 Å². The highest BCUT2D eigenvalue weighted by atomic mass is 16.5. The van der Waals surface area contributed by atoms with E-state index in [2.05, 4.69) is 26.8 Å². The van der Waals surface area contributed by atoms with Gasteiger partial charge in [-0.15, -0.1) is 0 Å². The van der Waals surface area contributed by atoms with Crippen LogP contribution in [0.2, 0.25) is 0 Å². The highest BCUT2D eigenvalue weighted by molar-refractivity contribution is 6.04. The number of nitrogen functional groups attached to an aromatic ring is 1. The van der Waals surface area contributed by atoms with Crippen LogP contribution in [0.1, 0.15) is 36.5 Å². The molecule has 3 rings (SSSR count). The minimum atomic E-state index is -0.231. The lowest BCUT2D eigenvalue weighted by molar-refractivity contribution is -0.126. The van der Waals surface area contributed by atoms with Gasteiger partial charge in [0, 0.05) is 32.4 Å². The average molecular weight is 388 g/mol. The van der Waals surface area contributed by atoms with Gasteiger partial charge in [-0.1, -0.05) is 6.58 Å². The summed E-state index contributed by atoms with van der Waals surface area (Å²) in [5, 5.41) is 2.80. The Bertz CT molecular complexity index is 813. The number of nitrogens with two attached hydrogens (primary N) is 1. The summed E-state index contributed by atoms with van der Waals surface area (Å²) in [5.74, 6) is 0.131. The molecule has 1 aliphatic rings. The fourth-order valence-electron chi connectivity index (χ4n) is 2.91. The van der Waals surface area contributed by atoms with Gasteiger partial charge < -0.3 is 25.7 Å². The highest BCUT2D eigenvalue weighted by Gasteiger charge is 2.16. The predicted octanol–water partition coefficient (Wildman–Crippen LogP) is 1.49. The van der Waals surface area contributed by atoms with Crippen LogP contribution in [-0.2, 0) is 9.53 Å². The zero-order valence-electron chi connectivity index (χ0n) is 16.4. The van der Waals surface area contributed by atoms with Crippen LogP contribution < -0.4 is 11.1 Å². The number of aromatic amines is 1. The average Bonchev–Trinajstić information content (AvgIpc) is 3.12. The molecule has 0 saturated carbocycles. The van der Waals surface area contributed by atoms with Crippen molar-refractivity contribution in [1.29, 1.82) is 0 Å². The molecule has 9 heteroatoms. The van der Waals surface area contributed by atoms with Gasteiger partial charge in [0.15, 0.2) is 5.65 Å². The van der Waals surface area contributed by atoms with Gasteiger partial charge >= 0.3 is 0 Å². The number of anilines is 1. The van der Waals surface area contributed by atoms with E-state index in [1.165, 1.54) is 18.7 Å². The molecule has 152 valence electrons. The number of rotatable bonds is 5. The Morgan fingerprint density at radius 2 is 2.14 bits per heavy atom. The van der Waals surface area contributed by atoms with E-state index >= 15 is 0 Å². The van der Waals surface area contributed by atoms with Gasteiger partial charge in [-0.2, -0.15) is 0 Å². The maximum atomic E-state index is 12.0. The molecule has 1 aliphatic heterocycles. The summed E-state index contributed by atoms with van der Waals surface area (Å²) in [7, 11) is 1.58. The van der Waals surface area contributed by atoms with Crippen molar-refractivity contribution in [3.8, 4) is 0 Å². The first-order chi connectivity index (χ1) is 13.5. The van der Waals surface area contributed by atoms with E-state index < -0.39 is 0 Å². The van der Waals surface area contributed by atoms with Crippen molar-refractivity contribution < 1.29 is 14.3 Å². The van der Waals surface area contributed by atoms with Crippen LogP contribution >= 0.6 is 0 Å². The molecule has 0 aliphatic carbocycles. The number of methoxy groups -OCH3 is 1. The Kier molecular flexibility index (Phi) is 7.94. The smallest absolute Gasteiger partial charge is 0.255 e. The van der Waals surface area contributed by atoms with Gasteiger partial charge in [0.2, 0.25) is 5.91 Å². The molecule has 1 saturated heterocycles. The Morgan fingerprint density at radius 1 is 1.43 bits per heavy atom. The van der Waals surface area contributed by atoms with Crippen molar-refractivity contribution in [2.45, 2.75) is 32.2 Å². The molecule has 0 unspecified atom stereocenters. The van der Waals surface area contributed by atoms with Gasteiger partial charge in [0.25, 0.3) is 5.91 Å². The zero-order chi connectivity index (χ0) is 20.5. The molecule has 0 radical (unpaired) electrons. The monoisotopic (exact) mass is 388 g/mol. The number of hydrogen-bond acceptors (Lipinski definition) is 6. The summed E-state index contributed by atoms with van der Waals surface area (Å²) >= 11 is 0. The van der Waals surface area contributed by atoms with Crippen LogP contribution in [-0.4, -0.2) is 64.5 Å². The van der Waals surface area contributed by atoms with E-state index in [1.54, 1.807) is 13.3 Å². The van der Waals surface area contributed by atoms with Crippen molar-refractivity contribution in [3.05, 3.63) is 30.6 Å². The van der Waals surface area contributed by atoms with E-state index in [4.69, 9.17) is 10.5 Å². The fourth-order valence-corrected chi connectivity index (χ4v) is 2.91. The topological polar surface area (TPSA) is 126 Å². The molecule has 0 spiro atoms. The molecule has 9 nitrogen and oxygen atoms in total. The first-order valence-electron chi connectivity index (χ1n) is 9.27. The second-order valence-corrected chi connectivity index (χ2v) is 6.61. The Balaban J connectivity index is 0.000000237. The van der Waals surface area contributed by atoms with E-state index in [0.717, 1.165) is 25.9 Å². The van der Waals surface area contributed by atoms with E-state index in [9.17, 15) is 9.59 Å². The fraction of sp³-hybridized carbons (Fsp3) is 0.474. The molecule has 3 heterocycles. The number of piperidine rings is 1. The summed E-state index contributed by atoms with van der Waals surface area (Å²) in [6.45, 7) is 7.59. The summed E-state index contributed by atoms with van der Waals surface area (Å²) in [6.07, 6.45) is 7.97.